The molecule has 2 heterocycles. The average Bonchev–Trinajstić information content (AvgIpc) is 2.84. The fourth-order valence-electron chi connectivity index (χ4n) is 2.68. The van der Waals surface area contributed by atoms with Gasteiger partial charge in [0.1, 0.15) is 0 Å². The van der Waals surface area contributed by atoms with Crippen LogP contribution in [0.2, 0.25) is 0 Å². The minimum absolute atomic E-state index is 0. The Hall–Kier alpha value is -0.460. The van der Waals surface area contributed by atoms with Crippen molar-refractivity contribution >= 4 is 46.2 Å². The fraction of sp³-hybridized carbons (Fsp3) is 0.429. The molecule has 118 valence electrons. The van der Waals surface area contributed by atoms with Crippen LogP contribution in [0.25, 0.3) is 10.1 Å². The number of piperazine rings is 1. The molecule has 3 rings (SSSR count). The first-order chi connectivity index (χ1) is 9.27. The Morgan fingerprint density at radius 3 is 2.43 bits per heavy atom. The van der Waals surface area contributed by atoms with E-state index in [2.05, 4.69) is 5.32 Å². The summed E-state index contributed by atoms with van der Waals surface area (Å²) in [7, 11) is 0. The number of nitrogens with one attached hydrogen (secondary N) is 1. The molecule has 0 aliphatic carbocycles. The largest absolute Gasteiger partial charge is 0.314 e. The van der Waals surface area contributed by atoms with Gasteiger partial charge in [-0.15, -0.1) is 36.2 Å². The molecule has 0 radical (unpaired) electrons. The summed E-state index contributed by atoms with van der Waals surface area (Å²) in [6.45, 7) is 2.93. The number of rotatable bonds is 3. The summed E-state index contributed by atoms with van der Waals surface area (Å²) in [6, 6.07) is 7.02. The molecule has 1 atom stereocenters. The highest BCUT2D eigenvalue weighted by atomic mass is 35.5. The van der Waals surface area contributed by atoms with Gasteiger partial charge in [0, 0.05) is 30.9 Å². The van der Waals surface area contributed by atoms with E-state index in [1.54, 1.807) is 11.3 Å². The van der Waals surface area contributed by atoms with Crippen molar-refractivity contribution in [3.63, 3.8) is 0 Å². The van der Waals surface area contributed by atoms with Gasteiger partial charge in [-0.25, -0.2) is 8.78 Å². The first-order valence-electron chi connectivity index (χ1n) is 6.46. The Bertz CT molecular complexity index is 559. The first kappa shape index (κ1) is 18.6. The third-order valence-electron chi connectivity index (χ3n) is 3.61. The Labute approximate surface area is 139 Å². The van der Waals surface area contributed by atoms with Crippen molar-refractivity contribution in [3.8, 4) is 0 Å². The number of nitrogens with zero attached hydrogens (tertiary/aromatic N) is 1. The van der Waals surface area contributed by atoms with Crippen LogP contribution in [-0.4, -0.2) is 37.5 Å². The van der Waals surface area contributed by atoms with Crippen LogP contribution < -0.4 is 5.32 Å². The van der Waals surface area contributed by atoms with Crippen molar-refractivity contribution in [2.24, 2.45) is 0 Å². The van der Waals surface area contributed by atoms with Gasteiger partial charge in [0.05, 0.1) is 6.04 Å². The molecule has 21 heavy (non-hydrogen) atoms. The van der Waals surface area contributed by atoms with E-state index in [0.717, 1.165) is 28.7 Å². The zero-order chi connectivity index (χ0) is 13.2. The number of hydrogen-bond donors (Lipinski definition) is 1. The summed E-state index contributed by atoms with van der Waals surface area (Å²) >= 11 is 1.55. The Balaban J connectivity index is 0.00000110. The van der Waals surface area contributed by atoms with Crippen molar-refractivity contribution in [1.29, 1.82) is 0 Å². The van der Waals surface area contributed by atoms with Gasteiger partial charge in [0.15, 0.2) is 0 Å². The highest BCUT2D eigenvalue weighted by Crippen LogP contribution is 2.36. The van der Waals surface area contributed by atoms with Gasteiger partial charge >= 0.3 is 0 Å². The lowest BCUT2D eigenvalue weighted by molar-refractivity contribution is 0.0191. The van der Waals surface area contributed by atoms with Gasteiger partial charge < -0.3 is 5.32 Å². The third-order valence-corrected chi connectivity index (χ3v) is 4.59. The minimum Gasteiger partial charge on any atom is -0.314 e. The summed E-state index contributed by atoms with van der Waals surface area (Å²) in [5.41, 5.74) is 0.775. The second-order valence-electron chi connectivity index (χ2n) is 4.75. The molecule has 2 nitrogen and oxygen atoms in total. The molecule has 1 fully saturated rings. The molecule has 1 aliphatic rings. The monoisotopic (exact) mass is 354 g/mol. The molecular weight excluding hydrogens is 337 g/mol. The van der Waals surface area contributed by atoms with Gasteiger partial charge in [-0.3, -0.25) is 4.90 Å². The highest BCUT2D eigenvalue weighted by molar-refractivity contribution is 7.17. The van der Waals surface area contributed by atoms with Crippen molar-refractivity contribution in [2.75, 3.05) is 26.2 Å². The van der Waals surface area contributed by atoms with E-state index in [-0.39, 0.29) is 24.8 Å². The Morgan fingerprint density at radius 2 is 1.76 bits per heavy atom. The summed E-state index contributed by atoms with van der Waals surface area (Å²) in [4.78, 5) is 1.90. The van der Waals surface area contributed by atoms with Gasteiger partial charge in [0.25, 0.3) is 6.43 Å². The van der Waals surface area contributed by atoms with E-state index in [9.17, 15) is 8.78 Å². The average molecular weight is 355 g/mol. The summed E-state index contributed by atoms with van der Waals surface area (Å²) in [5.74, 6) is 0. The van der Waals surface area contributed by atoms with Crippen LogP contribution in [0.4, 0.5) is 8.78 Å². The van der Waals surface area contributed by atoms with E-state index in [1.165, 1.54) is 0 Å². The topological polar surface area (TPSA) is 15.3 Å². The van der Waals surface area contributed by atoms with E-state index >= 15 is 0 Å². The number of alkyl halides is 2. The quantitative estimate of drug-likeness (QED) is 0.897. The van der Waals surface area contributed by atoms with E-state index in [1.807, 2.05) is 34.5 Å². The van der Waals surface area contributed by atoms with Crippen LogP contribution in [0.3, 0.4) is 0 Å². The predicted octanol–water partition coefficient (Wildman–Crippen LogP) is 3.96. The van der Waals surface area contributed by atoms with E-state index < -0.39 is 12.5 Å². The number of benzene rings is 1. The maximum absolute atomic E-state index is 13.5. The summed E-state index contributed by atoms with van der Waals surface area (Å²) in [6.07, 6.45) is -2.35. The Morgan fingerprint density at radius 1 is 1.10 bits per heavy atom. The molecule has 1 aliphatic heterocycles. The van der Waals surface area contributed by atoms with E-state index in [4.69, 9.17) is 0 Å². The highest BCUT2D eigenvalue weighted by Gasteiger charge is 2.31. The zero-order valence-electron chi connectivity index (χ0n) is 11.3. The van der Waals surface area contributed by atoms with Gasteiger partial charge in [0.2, 0.25) is 0 Å². The normalized spacial score (nSPS) is 17.3. The van der Waals surface area contributed by atoms with Gasteiger partial charge in [-0.05, 0) is 22.4 Å². The van der Waals surface area contributed by atoms with Crippen molar-refractivity contribution in [2.45, 2.75) is 12.5 Å². The van der Waals surface area contributed by atoms with Gasteiger partial charge in [-0.1, -0.05) is 18.2 Å². The van der Waals surface area contributed by atoms with Crippen LogP contribution in [0.15, 0.2) is 29.6 Å². The lowest BCUT2D eigenvalue weighted by atomic mass is 10.0. The molecule has 7 heteroatoms. The predicted molar refractivity (Wildman–Crippen MR) is 89.5 cm³/mol. The summed E-state index contributed by atoms with van der Waals surface area (Å²) in [5, 5.41) is 6.07. The molecule has 1 aromatic heterocycles. The smallest absolute Gasteiger partial charge is 0.258 e. The molecule has 2 aromatic rings. The maximum Gasteiger partial charge on any atom is 0.258 e. The number of hydrogen-bond acceptors (Lipinski definition) is 3. The number of fused-ring (bicyclic) bond motifs is 1. The molecule has 0 unspecified atom stereocenters. The van der Waals surface area contributed by atoms with Gasteiger partial charge in [-0.2, -0.15) is 0 Å². The van der Waals surface area contributed by atoms with Crippen LogP contribution in [0.5, 0.6) is 0 Å². The van der Waals surface area contributed by atoms with Crippen molar-refractivity contribution in [3.05, 3.63) is 35.2 Å². The van der Waals surface area contributed by atoms with Crippen molar-refractivity contribution in [1.82, 2.24) is 10.2 Å². The maximum atomic E-state index is 13.5. The molecule has 0 spiro atoms. The van der Waals surface area contributed by atoms with Crippen LogP contribution in [-0.2, 0) is 0 Å². The molecule has 1 N–H and O–H groups in total. The second-order valence-corrected chi connectivity index (χ2v) is 5.66. The lowest BCUT2D eigenvalue weighted by Crippen LogP contribution is -2.46. The third kappa shape index (κ3) is 3.85. The molecule has 0 bridgehead atoms. The second kappa shape index (κ2) is 8.25. The SMILES string of the molecule is Cl.Cl.FC(F)[C@@H](c1csc2ccccc12)N1CCNCC1. The van der Waals surface area contributed by atoms with Crippen LogP contribution in [0, 0.1) is 0 Å². The van der Waals surface area contributed by atoms with Crippen LogP contribution >= 0.6 is 36.2 Å². The molecule has 1 saturated heterocycles. The first-order valence-corrected chi connectivity index (χ1v) is 7.34. The lowest BCUT2D eigenvalue weighted by Gasteiger charge is -2.34. The van der Waals surface area contributed by atoms with E-state index in [0.29, 0.717) is 13.1 Å². The number of halogens is 4. The fourth-order valence-corrected chi connectivity index (χ4v) is 3.67. The van der Waals surface area contributed by atoms with Crippen LogP contribution in [0.1, 0.15) is 11.6 Å². The molecule has 1 aromatic carbocycles. The molecule has 0 saturated carbocycles. The Kier molecular flexibility index (Phi) is 7.30. The molecule has 0 amide bonds. The summed E-state index contributed by atoms with van der Waals surface area (Å²) < 4.78 is 28.1. The molecular formula is C14H18Cl2F2N2S. The van der Waals surface area contributed by atoms with Crippen molar-refractivity contribution < 1.29 is 8.78 Å². The number of thiophene rings is 1. The minimum atomic E-state index is -2.35. The zero-order valence-corrected chi connectivity index (χ0v) is 13.7. The standard InChI is InChI=1S/C14H16F2N2S.2ClH/c15-14(16)13(18-7-5-17-6-8-18)11-9-19-12-4-2-1-3-10(11)12;;/h1-4,9,13-14,17H,5-8H2;2*1H/t13-;;/m1../s1.